The Bertz CT molecular complexity index is 483. The number of aryl methyl sites for hydroxylation is 1. The number of hydrogen-bond acceptors (Lipinski definition) is 3. The molecule has 1 heterocycles. The molecule has 20 heavy (non-hydrogen) atoms. The zero-order valence-corrected chi connectivity index (χ0v) is 12.6. The van der Waals surface area contributed by atoms with Crippen LogP contribution in [0.2, 0.25) is 0 Å². The number of hydrogen-bond donors (Lipinski definition) is 1. The van der Waals surface area contributed by atoms with Crippen molar-refractivity contribution in [2.45, 2.75) is 33.2 Å². The summed E-state index contributed by atoms with van der Waals surface area (Å²) in [6, 6.07) is 6.24. The minimum Gasteiger partial charge on any atom is -0.478 e. The lowest BCUT2D eigenvalue weighted by Gasteiger charge is -2.27. The lowest BCUT2D eigenvalue weighted by molar-refractivity contribution is 0.0697. The van der Waals surface area contributed by atoms with Crippen molar-refractivity contribution < 1.29 is 9.90 Å². The van der Waals surface area contributed by atoms with Gasteiger partial charge in [-0.25, -0.2) is 4.79 Å². The third kappa shape index (κ3) is 2.96. The van der Waals surface area contributed by atoms with Crippen LogP contribution < -0.4 is 4.90 Å². The molecular weight excluding hydrogens is 252 g/mol. The fraction of sp³-hybridized carbons (Fsp3) is 0.562. The van der Waals surface area contributed by atoms with Crippen LogP contribution in [-0.2, 0) is 0 Å². The average molecular weight is 276 g/mol. The van der Waals surface area contributed by atoms with Gasteiger partial charge in [-0.3, -0.25) is 4.90 Å². The maximum Gasteiger partial charge on any atom is 0.337 e. The summed E-state index contributed by atoms with van der Waals surface area (Å²) < 4.78 is 0. The summed E-state index contributed by atoms with van der Waals surface area (Å²) in [7, 11) is 0. The van der Waals surface area contributed by atoms with Crippen LogP contribution in [0, 0.1) is 6.92 Å². The van der Waals surface area contributed by atoms with Crippen LogP contribution in [0.25, 0.3) is 0 Å². The fourth-order valence-corrected chi connectivity index (χ4v) is 3.10. The Morgan fingerprint density at radius 3 is 2.70 bits per heavy atom. The van der Waals surface area contributed by atoms with Crippen LogP contribution in [0.1, 0.15) is 36.2 Å². The second-order valence-electron chi connectivity index (χ2n) is 5.44. The van der Waals surface area contributed by atoms with E-state index >= 15 is 0 Å². The van der Waals surface area contributed by atoms with E-state index in [1.807, 2.05) is 19.1 Å². The third-order valence-electron chi connectivity index (χ3n) is 4.22. The van der Waals surface area contributed by atoms with Crippen molar-refractivity contribution in [1.82, 2.24) is 4.90 Å². The van der Waals surface area contributed by atoms with Gasteiger partial charge in [0.15, 0.2) is 0 Å². The van der Waals surface area contributed by atoms with Gasteiger partial charge in [-0.05, 0) is 38.6 Å². The summed E-state index contributed by atoms with van der Waals surface area (Å²) in [5.74, 6) is -0.838. The molecule has 1 atom stereocenters. The Morgan fingerprint density at radius 1 is 1.40 bits per heavy atom. The molecule has 1 aromatic rings. The highest BCUT2D eigenvalue weighted by molar-refractivity contribution is 5.94. The van der Waals surface area contributed by atoms with Crippen LogP contribution in [0.4, 0.5) is 5.69 Å². The van der Waals surface area contributed by atoms with E-state index in [0.717, 1.165) is 43.9 Å². The first-order valence-corrected chi connectivity index (χ1v) is 7.39. The minimum absolute atomic E-state index is 0.421. The predicted octanol–water partition coefficient (Wildman–Crippen LogP) is 2.61. The number of carbonyl (C=O) groups is 1. The Labute approximate surface area is 121 Å². The van der Waals surface area contributed by atoms with Crippen LogP contribution in [0.15, 0.2) is 18.2 Å². The maximum atomic E-state index is 11.4. The largest absolute Gasteiger partial charge is 0.478 e. The standard InChI is InChI=1S/C16H24N2O2/c1-4-17(5-2)13-8-9-18(11-13)15-7-6-12(3)10-14(15)16(19)20/h6-7,10,13H,4-5,8-9,11H2,1-3H3,(H,19,20). The Hall–Kier alpha value is -1.55. The molecule has 4 heteroatoms. The molecule has 0 amide bonds. The number of nitrogens with zero attached hydrogens (tertiary/aromatic N) is 2. The molecule has 0 bridgehead atoms. The molecule has 1 unspecified atom stereocenters. The van der Waals surface area contributed by atoms with Gasteiger partial charge in [0.05, 0.1) is 11.3 Å². The predicted molar refractivity (Wildman–Crippen MR) is 81.7 cm³/mol. The molecular formula is C16H24N2O2. The first kappa shape index (κ1) is 14.9. The number of anilines is 1. The molecule has 110 valence electrons. The van der Waals surface area contributed by atoms with Crippen LogP contribution >= 0.6 is 0 Å². The summed E-state index contributed by atoms with van der Waals surface area (Å²) in [6.07, 6.45) is 1.11. The first-order valence-electron chi connectivity index (χ1n) is 7.39. The first-order chi connectivity index (χ1) is 9.56. The van der Waals surface area contributed by atoms with Crippen LogP contribution in [0.3, 0.4) is 0 Å². The van der Waals surface area contributed by atoms with E-state index in [1.165, 1.54) is 0 Å². The smallest absolute Gasteiger partial charge is 0.337 e. The second-order valence-corrected chi connectivity index (χ2v) is 5.44. The second kappa shape index (κ2) is 6.27. The van der Waals surface area contributed by atoms with E-state index in [1.54, 1.807) is 6.07 Å². The normalized spacial score (nSPS) is 18.8. The van der Waals surface area contributed by atoms with Gasteiger partial charge in [0.1, 0.15) is 0 Å². The Balaban J connectivity index is 2.20. The SMILES string of the molecule is CCN(CC)C1CCN(c2ccc(C)cc2C(=O)O)C1. The van der Waals surface area contributed by atoms with Crippen molar-refractivity contribution in [3.05, 3.63) is 29.3 Å². The van der Waals surface area contributed by atoms with Gasteiger partial charge < -0.3 is 10.0 Å². The minimum atomic E-state index is -0.838. The molecule has 0 aromatic heterocycles. The number of benzene rings is 1. The fourth-order valence-electron chi connectivity index (χ4n) is 3.10. The molecule has 1 saturated heterocycles. The highest BCUT2D eigenvalue weighted by Crippen LogP contribution is 2.27. The van der Waals surface area contributed by atoms with E-state index in [-0.39, 0.29) is 0 Å². The molecule has 2 rings (SSSR count). The average Bonchev–Trinajstić information content (AvgIpc) is 2.89. The van der Waals surface area contributed by atoms with Gasteiger partial charge in [0, 0.05) is 19.1 Å². The van der Waals surface area contributed by atoms with E-state index in [9.17, 15) is 9.90 Å². The molecule has 0 saturated carbocycles. The topological polar surface area (TPSA) is 43.8 Å². The Kier molecular flexibility index (Phi) is 4.65. The zero-order chi connectivity index (χ0) is 14.7. The van der Waals surface area contributed by atoms with Crippen LogP contribution in [0.5, 0.6) is 0 Å². The molecule has 1 aromatic carbocycles. The van der Waals surface area contributed by atoms with Crippen molar-refractivity contribution in [2.75, 3.05) is 31.1 Å². The summed E-state index contributed by atoms with van der Waals surface area (Å²) in [4.78, 5) is 16.1. The molecule has 1 fully saturated rings. The summed E-state index contributed by atoms with van der Waals surface area (Å²) in [5, 5.41) is 9.38. The lowest BCUT2D eigenvalue weighted by atomic mass is 10.1. The number of likely N-dealkylation sites (N-methyl/N-ethyl adjacent to an activating group) is 1. The molecule has 0 radical (unpaired) electrons. The molecule has 0 spiro atoms. The van der Waals surface area contributed by atoms with Gasteiger partial charge in [-0.2, -0.15) is 0 Å². The maximum absolute atomic E-state index is 11.4. The van der Waals surface area contributed by atoms with Crippen LogP contribution in [-0.4, -0.2) is 48.2 Å². The monoisotopic (exact) mass is 276 g/mol. The molecule has 1 aliphatic rings. The highest BCUT2D eigenvalue weighted by Gasteiger charge is 2.28. The molecule has 0 aliphatic carbocycles. The van der Waals surface area contributed by atoms with Crippen molar-refractivity contribution in [2.24, 2.45) is 0 Å². The number of carboxylic acid groups (broad SMARTS) is 1. The van der Waals surface area contributed by atoms with Gasteiger partial charge >= 0.3 is 5.97 Å². The van der Waals surface area contributed by atoms with E-state index in [4.69, 9.17) is 0 Å². The summed E-state index contributed by atoms with van der Waals surface area (Å²) in [5.41, 5.74) is 2.27. The number of carboxylic acids is 1. The van der Waals surface area contributed by atoms with Crippen molar-refractivity contribution in [3.63, 3.8) is 0 Å². The van der Waals surface area contributed by atoms with E-state index in [0.29, 0.717) is 11.6 Å². The van der Waals surface area contributed by atoms with Crippen molar-refractivity contribution >= 4 is 11.7 Å². The Morgan fingerprint density at radius 2 is 2.10 bits per heavy atom. The highest BCUT2D eigenvalue weighted by atomic mass is 16.4. The van der Waals surface area contributed by atoms with Gasteiger partial charge in [-0.1, -0.05) is 25.5 Å². The van der Waals surface area contributed by atoms with Crippen molar-refractivity contribution in [3.8, 4) is 0 Å². The quantitative estimate of drug-likeness (QED) is 0.898. The molecule has 1 aliphatic heterocycles. The lowest BCUT2D eigenvalue weighted by Crippen LogP contribution is -2.37. The van der Waals surface area contributed by atoms with Crippen molar-refractivity contribution in [1.29, 1.82) is 0 Å². The van der Waals surface area contributed by atoms with E-state index in [2.05, 4.69) is 23.6 Å². The van der Waals surface area contributed by atoms with Gasteiger partial charge in [0.25, 0.3) is 0 Å². The zero-order valence-electron chi connectivity index (χ0n) is 12.6. The third-order valence-corrected chi connectivity index (χ3v) is 4.22. The summed E-state index contributed by atoms with van der Waals surface area (Å²) >= 11 is 0. The van der Waals surface area contributed by atoms with Gasteiger partial charge in [0.2, 0.25) is 0 Å². The molecule has 1 N–H and O–H groups in total. The summed E-state index contributed by atoms with van der Waals surface area (Å²) in [6.45, 7) is 10.2. The molecule has 4 nitrogen and oxygen atoms in total. The van der Waals surface area contributed by atoms with E-state index < -0.39 is 5.97 Å². The van der Waals surface area contributed by atoms with Gasteiger partial charge in [-0.15, -0.1) is 0 Å². The number of aromatic carboxylic acids is 1. The number of rotatable bonds is 5.